The summed E-state index contributed by atoms with van der Waals surface area (Å²) in [4.78, 5) is 27.8. The van der Waals surface area contributed by atoms with Crippen LogP contribution in [0.5, 0.6) is 5.75 Å². The second kappa shape index (κ2) is 5.08. The highest BCUT2D eigenvalue weighted by Crippen LogP contribution is 2.14. The fraction of sp³-hybridized carbons (Fsp3) is 0.0833. The summed E-state index contributed by atoms with van der Waals surface area (Å²) in [5.74, 6) is -4.38. The summed E-state index contributed by atoms with van der Waals surface area (Å²) in [6.45, 7) is 0. The van der Waals surface area contributed by atoms with Gasteiger partial charge in [-0.25, -0.2) is 18.6 Å². The van der Waals surface area contributed by atoms with Gasteiger partial charge in [0.1, 0.15) is 17.5 Å². The molecule has 104 valence electrons. The summed E-state index contributed by atoms with van der Waals surface area (Å²) in [5, 5.41) is 18.0. The minimum absolute atomic E-state index is 0.0246. The first-order valence-electron chi connectivity index (χ1n) is 5.38. The molecule has 6 nitrogen and oxygen atoms in total. The third-order valence-electron chi connectivity index (χ3n) is 2.52. The number of nitrogens with zero attached hydrogens (tertiary/aromatic N) is 1. The maximum absolute atomic E-state index is 13.4. The second-order valence-corrected chi connectivity index (χ2v) is 3.93. The fourth-order valence-corrected chi connectivity index (χ4v) is 1.59. The lowest BCUT2D eigenvalue weighted by molar-refractivity contribution is 0.0686. The number of halogens is 2. The quantitative estimate of drug-likeness (QED) is 0.780. The van der Waals surface area contributed by atoms with Crippen LogP contribution in [-0.4, -0.2) is 26.2 Å². The summed E-state index contributed by atoms with van der Waals surface area (Å²) < 4.78 is 26.2. The minimum atomic E-state index is -1.59. The van der Waals surface area contributed by atoms with E-state index in [-0.39, 0.29) is 17.8 Å². The van der Waals surface area contributed by atoms with E-state index in [1.807, 2.05) is 0 Å². The van der Waals surface area contributed by atoms with Gasteiger partial charge in [0.2, 0.25) is 5.75 Å². The molecule has 0 atom stereocenters. The number of aromatic amines is 1. The Kier molecular flexibility index (Phi) is 3.47. The Morgan fingerprint density at radius 3 is 2.65 bits per heavy atom. The number of hydrogen-bond acceptors (Lipinski definition) is 4. The first-order chi connectivity index (χ1) is 9.38. The van der Waals surface area contributed by atoms with Gasteiger partial charge >= 0.3 is 5.97 Å². The maximum atomic E-state index is 13.4. The molecule has 1 aromatic heterocycles. The monoisotopic (exact) mass is 282 g/mol. The highest BCUT2D eigenvalue weighted by molar-refractivity contribution is 5.88. The van der Waals surface area contributed by atoms with E-state index in [0.29, 0.717) is 6.07 Å². The zero-order valence-electron chi connectivity index (χ0n) is 9.85. The number of aromatic carboxylic acids is 1. The van der Waals surface area contributed by atoms with Crippen LogP contribution in [0.4, 0.5) is 8.78 Å². The number of hydrogen-bond donors (Lipinski definition) is 3. The average Bonchev–Trinajstić information content (AvgIpc) is 2.36. The molecule has 0 saturated carbocycles. The Morgan fingerprint density at radius 1 is 1.35 bits per heavy atom. The van der Waals surface area contributed by atoms with Gasteiger partial charge in [-0.2, -0.15) is 0 Å². The van der Waals surface area contributed by atoms with E-state index >= 15 is 0 Å². The molecule has 0 saturated heterocycles. The lowest BCUT2D eigenvalue weighted by Gasteiger charge is -2.05. The van der Waals surface area contributed by atoms with Gasteiger partial charge in [0.25, 0.3) is 5.56 Å². The molecule has 2 rings (SSSR count). The number of carbonyl (C=O) groups is 1. The van der Waals surface area contributed by atoms with Gasteiger partial charge < -0.3 is 15.2 Å². The van der Waals surface area contributed by atoms with Crippen molar-refractivity contribution >= 4 is 5.97 Å². The summed E-state index contributed by atoms with van der Waals surface area (Å²) in [6.07, 6.45) is -0.248. The van der Waals surface area contributed by atoms with Crippen molar-refractivity contribution in [2.45, 2.75) is 6.42 Å². The van der Waals surface area contributed by atoms with Gasteiger partial charge in [-0.15, -0.1) is 0 Å². The number of benzene rings is 1. The van der Waals surface area contributed by atoms with Crippen molar-refractivity contribution in [2.75, 3.05) is 0 Å². The van der Waals surface area contributed by atoms with E-state index in [0.717, 1.165) is 12.1 Å². The number of rotatable bonds is 3. The van der Waals surface area contributed by atoms with E-state index in [4.69, 9.17) is 5.11 Å². The van der Waals surface area contributed by atoms with Gasteiger partial charge in [-0.3, -0.25) is 4.79 Å². The molecule has 0 aliphatic carbocycles. The molecule has 1 heterocycles. The van der Waals surface area contributed by atoms with Crippen molar-refractivity contribution in [3.8, 4) is 5.75 Å². The molecule has 0 spiro atoms. The van der Waals surface area contributed by atoms with Crippen LogP contribution < -0.4 is 5.56 Å². The number of aromatic hydroxyl groups is 1. The fourth-order valence-electron chi connectivity index (χ4n) is 1.59. The highest BCUT2D eigenvalue weighted by Gasteiger charge is 2.17. The molecule has 0 aliphatic heterocycles. The van der Waals surface area contributed by atoms with Crippen molar-refractivity contribution in [2.24, 2.45) is 0 Å². The number of carboxylic acids is 1. The van der Waals surface area contributed by atoms with Gasteiger partial charge in [0.15, 0.2) is 5.69 Å². The van der Waals surface area contributed by atoms with Gasteiger partial charge in [-0.1, -0.05) is 6.07 Å². The zero-order valence-corrected chi connectivity index (χ0v) is 9.85. The van der Waals surface area contributed by atoms with Crippen LogP contribution >= 0.6 is 0 Å². The first-order valence-corrected chi connectivity index (χ1v) is 5.38. The number of H-pyrrole nitrogens is 1. The summed E-state index contributed by atoms with van der Waals surface area (Å²) in [6, 6.07) is 2.83. The molecule has 20 heavy (non-hydrogen) atoms. The van der Waals surface area contributed by atoms with E-state index < -0.39 is 34.6 Å². The molecule has 3 N–H and O–H groups in total. The van der Waals surface area contributed by atoms with Crippen molar-refractivity contribution in [3.63, 3.8) is 0 Å². The van der Waals surface area contributed by atoms with Crippen LogP contribution in [0.1, 0.15) is 21.9 Å². The number of aromatic nitrogens is 2. The first kappa shape index (κ1) is 13.7. The van der Waals surface area contributed by atoms with Gasteiger partial charge in [0, 0.05) is 12.5 Å². The highest BCUT2D eigenvalue weighted by atomic mass is 19.1. The number of carboxylic acid groups (broad SMARTS) is 1. The predicted octanol–water partition coefficient (Wildman–Crippen LogP) is 1.04. The molecular formula is C12H8F2N2O4. The van der Waals surface area contributed by atoms with Crippen LogP contribution in [0.15, 0.2) is 23.0 Å². The SMILES string of the molecule is O=C(O)c1nc(Cc2ccc(F)cc2F)[nH]c(=O)c1O. The van der Waals surface area contributed by atoms with Crippen molar-refractivity contribution < 1.29 is 23.8 Å². The van der Waals surface area contributed by atoms with E-state index in [2.05, 4.69) is 9.97 Å². The lowest BCUT2D eigenvalue weighted by atomic mass is 10.1. The standard InChI is InChI=1S/C12H8F2N2O4/c13-6-2-1-5(7(14)4-6)3-8-15-9(12(19)20)10(17)11(18)16-8/h1-2,4,17H,3H2,(H,19,20)(H,15,16,18). The average molecular weight is 282 g/mol. The predicted molar refractivity (Wildman–Crippen MR) is 62.6 cm³/mol. The Bertz CT molecular complexity index is 743. The van der Waals surface area contributed by atoms with Crippen LogP contribution in [0.2, 0.25) is 0 Å². The van der Waals surface area contributed by atoms with Crippen LogP contribution in [0.3, 0.4) is 0 Å². The molecule has 1 aromatic carbocycles. The molecule has 2 aromatic rings. The van der Waals surface area contributed by atoms with Crippen molar-refractivity contribution in [1.82, 2.24) is 9.97 Å². The maximum Gasteiger partial charge on any atom is 0.358 e. The molecule has 8 heteroatoms. The molecule has 0 unspecified atom stereocenters. The van der Waals surface area contributed by atoms with E-state index in [9.17, 15) is 23.5 Å². The normalized spacial score (nSPS) is 10.5. The third-order valence-corrected chi connectivity index (χ3v) is 2.52. The molecule has 0 amide bonds. The molecule has 0 radical (unpaired) electrons. The molecule has 0 aliphatic rings. The van der Waals surface area contributed by atoms with Gasteiger partial charge in [0.05, 0.1) is 0 Å². The van der Waals surface area contributed by atoms with Crippen LogP contribution in [-0.2, 0) is 6.42 Å². The molecular weight excluding hydrogens is 274 g/mol. The zero-order chi connectivity index (χ0) is 14.9. The Labute approximate surface area is 110 Å². The van der Waals surface area contributed by atoms with Crippen LogP contribution in [0.25, 0.3) is 0 Å². The smallest absolute Gasteiger partial charge is 0.358 e. The third kappa shape index (κ3) is 2.63. The minimum Gasteiger partial charge on any atom is -0.501 e. The topological polar surface area (TPSA) is 103 Å². The number of nitrogens with one attached hydrogen (secondary N) is 1. The van der Waals surface area contributed by atoms with Crippen molar-refractivity contribution in [3.05, 3.63) is 57.3 Å². The second-order valence-electron chi connectivity index (χ2n) is 3.93. The summed E-state index contributed by atoms with van der Waals surface area (Å²) in [5.41, 5.74) is -1.85. The molecule has 0 bridgehead atoms. The summed E-state index contributed by atoms with van der Waals surface area (Å²) in [7, 11) is 0. The molecule has 0 fully saturated rings. The van der Waals surface area contributed by atoms with Crippen molar-refractivity contribution in [1.29, 1.82) is 0 Å². The largest absolute Gasteiger partial charge is 0.501 e. The van der Waals surface area contributed by atoms with Gasteiger partial charge in [-0.05, 0) is 11.6 Å². The Morgan fingerprint density at radius 2 is 2.05 bits per heavy atom. The lowest BCUT2D eigenvalue weighted by Crippen LogP contribution is -2.17. The van der Waals surface area contributed by atoms with E-state index in [1.165, 1.54) is 0 Å². The Hall–Kier alpha value is -2.77. The van der Waals surface area contributed by atoms with Crippen LogP contribution in [0, 0.1) is 11.6 Å². The Balaban J connectivity index is 2.44. The summed E-state index contributed by atoms with van der Waals surface area (Å²) >= 11 is 0. The van der Waals surface area contributed by atoms with E-state index in [1.54, 1.807) is 0 Å².